The summed E-state index contributed by atoms with van der Waals surface area (Å²) in [4.78, 5) is 15.6. The Balaban J connectivity index is 1.26. The van der Waals surface area contributed by atoms with Crippen molar-refractivity contribution >= 4 is 21.9 Å². The van der Waals surface area contributed by atoms with Gasteiger partial charge in [-0.1, -0.05) is 137 Å². The number of benzene rings is 6. The molecular formula is C45H33N3O. The zero-order chi connectivity index (χ0) is 33.1. The highest BCUT2D eigenvalue weighted by molar-refractivity contribution is 6.15. The molecule has 0 fully saturated rings. The average Bonchev–Trinajstić information content (AvgIpc) is 3.71. The molecule has 0 N–H and O–H groups in total. The standard InChI is InChI=1S/C45H33N3O/c1-44(2)34-19-11-8-16-28(34)30-23-22-27(24-36(30)44)42-46-41(26-14-6-5-7-15-26)47-43(48-42)33-25-32-29-17-9-12-20-35(29)45(3,4)39(32)38-31-18-10-13-21-37(31)49-40(33)38/h5-25H,1-4H3. The Kier molecular flexibility index (Phi) is 5.65. The van der Waals surface area contributed by atoms with E-state index in [2.05, 4.69) is 131 Å². The number of hydrogen-bond acceptors (Lipinski definition) is 4. The van der Waals surface area contributed by atoms with Crippen LogP contribution in [0.25, 0.3) is 78.4 Å². The minimum absolute atomic E-state index is 0.138. The summed E-state index contributed by atoms with van der Waals surface area (Å²) in [6.07, 6.45) is 0. The van der Waals surface area contributed by atoms with Gasteiger partial charge in [-0.3, -0.25) is 0 Å². The van der Waals surface area contributed by atoms with Crippen molar-refractivity contribution < 1.29 is 4.42 Å². The summed E-state index contributed by atoms with van der Waals surface area (Å²) in [6, 6.07) is 44.9. The quantitative estimate of drug-likeness (QED) is 0.195. The molecule has 8 aromatic rings. The maximum absolute atomic E-state index is 6.77. The highest BCUT2D eigenvalue weighted by atomic mass is 16.3. The second-order valence-electron chi connectivity index (χ2n) is 14.4. The molecule has 4 nitrogen and oxygen atoms in total. The van der Waals surface area contributed by atoms with Crippen LogP contribution in [0.4, 0.5) is 0 Å². The van der Waals surface area contributed by atoms with Crippen molar-refractivity contribution in [3.63, 3.8) is 0 Å². The van der Waals surface area contributed by atoms with Gasteiger partial charge in [0.25, 0.3) is 0 Å². The predicted molar refractivity (Wildman–Crippen MR) is 199 cm³/mol. The van der Waals surface area contributed by atoms with E-state index >= 15 is 0 Å². The molecule has 2 heterocycles. The Morgan fingerprint density at radius 1 is 0.449 bits per heavy atom. The Morgan fingerprint density at radius 2 is 1.04 bits per heavy atom. The van der Waals surface area contributed by atoms with Gasteiger partial charge in [0.1, 0.15) is 11.2 Å². The summed E-state index contributed by atoms with van der Waals surface area (Å²) in [7, 11) is 0. The SMILES string of the molecule is CC1(C)c2ccccc2-c2ccc(-c3nc(-c4ccccc4)nc(-c4cc5c(c6c4oc4ccccc46)C(C)(C)c4ccccc4-5)n3)cc21. The fourth-order valence-corrected chi connectivity index (χ4v) is 8.51. The number of rotatable bonds is 3. The van der Waals surface area contributed by atoms with Crippen LogP contribution in [-0.4, -0.2) is 15.0 Å². The van der Waals surface area contributed by atoms with E-state index in [9.17, 15) is 0 Å². The minimum atomic E-state index is -0.205. The van der Waals surface area contributed by atoms with Crippen LogP contribution in [0.2, 0.25) is 0 Å². The summed E-state index contributed by atoms with van der Waals surface area (Å²) < 4.78 is 6.77. The lowest BCUT2D eigenvalue weighted by Crippen LogP contribution is -2.15. The maximum atomic E-state index is 6.77. The molecule has 10 rings (SSSR count). The molecule has 0 atom stereocenters. The number of aromatic nitrogens is 3. The average molecular weight is 632 g/mol. The van der Waals surface area contributed by atoms with Gasteiger partial charge in [-0.25, -0.2) is 15.0 Å². The molecule has 0 bridgehead atoms. The van der Waals surface area contributed by atoms with Crippen molar-refractivity contribution in [2.45, 2.75) is 38.5 Å². The molecule has 2 aliphatic rings. The smallest absolute Gasteiger partial charge is 0.167 e. The molecule has 0 aliphatic heterocycles. The highest BCUT2D eigenvalue weighted by Crippen LogP contribution is 2.55. The van der Waals surface area contributed by atoms with Crippen molar-refractivity contribution in [1.82, 2.24) is 15.0 Å². The van der Waals surface area contributed by atoms with Crippen LogP contribution >= 0.6 is 0 Å². The molecule has 6 aromatic carbocycles. The summed E-state index contributed by atoms with van der Waals surface area (Å²) in [5.74, 6) is 1.87. The van der Waals surface area contributed by atoms with Gasteiger partial charge in [-0.2, -0.15) is 0 Å². The molecule has 49 heavy (non-hydrogen) atoms. The van der Waals surface area contributed by atoms with Gasteiger partial charge in [-0.15, -0.1) is 0 Å². The van der Waals surface area contributed by atoms with Crippen molar-refractivity contribution in [3.05, 3.63) is 150 Å². The topological polar surface area (TPSA) is 51.8 Å². The second kappa shape index (κ2) is 9.83. The molecular weight excluding hydrogens is 599 g/mol. The largest absolute Gasteiger partial charge is 0.455 e. The van der Waals surface area contributed by atoms with E-state index in [0.717, 1.165) is 38.6 Å². The van der Waals surface area contributed by atoms with E-state index in [0.29, 0.717) is 17.5 Å². The number of para-hydroxylation sites is 1. The van der Waals surface area contributed by atoms with E-state index in [-0.39, 0.29) is 10.8 Å². The third-order valence-electron chi connectivity index (χ3n) is 10.9. The van der Waals surface area contributed by atoms with Crippen LogP contribution in [0.1, 0.15) is 49.9 Å². The molecule has 0 radical (unpaired) electrons. The molecule has 0 saturated heterocycles. The van der Waals surface area contributed by atoms with Gasteiger partial charge in [0.15, 0.2) is 17.5 Å². The van der Waals surface area contributed by atoms with Gasteiger partial charge in [0.2, 0.25) is 0 Å². The molecule has 234 valence electrons. The Hall–Kier alpha value is -5.87. The number of furan rings is 1. The van der Waals surface area contributed by atoms with Crippen molar-refractivity contribution in [2.75, 3.05) is 0 Å². The Bertz CT molecular complexity index is 2660. The molecule has 2 aromatic heterocycles. The monoisotopic (exact) mass is 631 g/mol. The molecule has 0 spiro atoms. The first-order valence-corrected chi connectivity index (χ1v) is 17.0. The normalized spacial score (nSPS) is 14.9. The van der Waals surface area contributed by atoms with E-state index in [1.807, 2.05) is 24.3 Å². The lowest BCUT2D eigenvalue weighted by molar-refractivity contribution is 0.657. The lowest BCUT2D eigenvalue weighted by Gasteiger charge is -2.22. The minimum Gasteiger partial charge on any atom is -0.455 e. The lowest BCUT2D eigenvalue weighted by atomic mass is 9.80. The van der Waals surface area contributed by atoms with Gasteiger partial charge < -0.3 is 4.42 Å². The van der Waals surface area contributed by atoms with Crippen molar-refractivity contribution in [2.24, 2.45) is 0 Å². The van der Waals surface area contributed by atoms with Crippen molar-refractivity contribution in [3.8, 4) is 56.4 Å². The molecule has 2 aliphatic carbocycles. The van der Waals surface area contributed by atoms with Gasteiger partial charge in [-0.05, 0) is 62.7 Å². The molecule has 0 amide bonds. The van der Waals surface area contributed by atoms with E-state index in [1.165, 1.54) is 44.5 Å². The first-order valence-electron chi connectivity index (χ1n) is 17.0. The Labute approximate surface area is 285 Å². The fraction of sp³-hybridized carbons (Fsp3) is 0.133. The maximum Gasteiger partial charge on any atom is 0.167 e. The van der Waals surface area contributed by atoms with Gasteiger partial charge in [0, 0.05) is 32.7 Å². The third kappa shape index (κ3) is 3.89. The fourth-order valence-electron chi connectivity index (χ4n) is 8.51. The third-order valence-corrected chi connectivity index (χ3v) is 10.9. The first kappa shape index (κ1) is 28.2. The zero-order valence-corrected chi connectivity index (χ0v) is 27.9. The summed E-state index contributed by atoms with van der Waals surface area (Å²) in [5, 5.41) is 2.24. The van der Waals surface area contributed by atoms with E-state index in [1.54, 1.807) is 0 Å². The highest BCUT2D eigenvalue weighted by Gasteiger charge is 2.40. The summed E-state index contributed by atoms with van der Waals surface area (Å²) >= 11 is 0. The number of nitrogens with zero attached hydrogens (tertiary/aromatic N) is 3. The number of hydrogen-bond donors (Lipinski definition) is 0. The van der Waals surface area contributed by atoms with Crippen LogP contribution in [0.5, 0.6) is 0 Å². The van der Waals surface area contributed by atoms with Crippen molar-refractivity contribution in [1.29, 1.82) is 0 Å². The summed E-state index contributed by atoms with van der Waals surface area (Å²) in [6.45, 7) is 9.25. The Morgan fingerprint density at radius 3 is 1.82 bits per heavy atom. The molecule has 0 saturated carbocycles. The summed E-state index contributed by atoms with van der Waals surface area (Å²) in [5.41, 5.74) is 14.3. The van der Waals surface area contributed by atoms with Gasteiger partial charge >= 0.3 is 0 Å². The van der Waals surface area contributed by atoms with Crippen LogP contribution in [-0.2, 0) is 10.8 Å². The van der Waals surface area contributed by atoms with E-state index < -0.39 is 0 Å². The van der Waals surface area contributed by atoms with Crippen LogP contribution in [0.3, 0.4) is 0 Å². The second-order valence-corrected chi connectivity index (χ2v) is 14.4. The number of fused-ring (bicyclic) bond motifs is 10. The van der Waals surface area contributed by atoms with Crippen LogP contribution in [0.15, 0.2) is 132 Å². The van der Waals surface area contributed by atoms with E-state index in [4.69, 9.17) is 19.4 Å². The van der Waals surface area contributed by atoms with Gasteiger partial charge in [0.05, 0.1) is 5.56 Å². The zero-order valence-electron chi connectivity index (χ0n) is 27.9. The first-order chi connectivity index (χ1) is 23.8. The molecule has 0 unspecified atom stereocenters. The van der Waals surface area contributed by atoms with Crippen LogP contribution < -0.4 is 0 Å². The van der Waals surface area contributed by atoms with Crippen LogP contribution in [0, 0.1) is 0 Å². The molecule has 4 heteroatoms. The predicted octanol–water partition coefficient (Wildman–Crippen LogP) is 11.4.